The molecule has 112 valence electrons. The molecule has 0 amide bonds. The first kappa shape index (κ1) is 14.0. The number of rotatable bonds is 7. The summed E-state index contributed by atoms with van der Waals surface area (Å²) in [5, 5.41) is 0. The normalized spacial score (nSPS) is 15.7. The maximum Gasteiger partial charge on any atom is 0.161 e. The zero-order chi connectivity index (χ0) is 14.7. The number of aromatic nitrogens is 1. The Labute approximate surface area is 125 Å². The third-order valence-electron chi connectivity index (χ3n) is 3.96. The number of nitrogens with two attached hydrogens (primary N) is 1. The maximum atomic E-state index is 6.21. The number of ether oxygens (including phenoxy) is 2. The molecule has 0 spiro atoms. The molecule has 0 bridgehead atoms. The van der Waals surface area contributed by atoms with E-state index in [2.05, 4.69) is 23.0 Å². The van der Waals surface area contributed by atoms with E-state index in [1.807, 2.05) is 24.3 Å². The molecule has 4 nitrogen and oxygen atoms in total. The van der Waals surface area contributed by atoms with Crippen molar-refractivity contribution >= 4 is 0 Å². The second kappa shape index (κ2) is 6.22. The van der Waals surface area contributed by atoms with Crippen molar-refractivity contribution in [3.63, 3.8) is 0 Å². The van der Waals surface area contributed by atoms with E-state index in [0.717, 1.165) is 18.0 Å². The number of nitrogens with zero attached hydrogens (tertiary/aromatic N) is 1. The van der Waals surface area contributed by atoms with Crippen LogP contribution in [0.2, 0.25) is 0 Å². The maximum absolute atomic E-state index is 6.21. The summed E-state index contributed by atoms with van der Waals surface area (Å²) in [6.45, 7) is 1.41. The van der Waals surface area contributed by atoms with Crippen LogP contribution in [0, 0.1) is 5.92 Å². The van der Waals surface area contributed by atoms with Crippen LogP contribution in [-0.4, -0.2) is 18.3 Å². The second-order valence-corrected chi connectivity index (χ2v) is 5.55. The Morgan fingerprint density at radius 3 is 2.71 bits per heavy atom. The number of hydrogen-bond acceptors (Lipinski definition) is 3. The Kier molecular flexibility index (Phi) is 4.15. The summed E-state index contributed by atoms with van der Waals surface area (Å²) < 4.78 is 13.2. The Hall–Kier alpha value is -1.94. The van der Waals surface area contributed by atoms with Gasteiger partial charge >= 0.3 is 0 Å². The van der Waals surface area contributed by atoms with Crippen molar-refractivity contribution in [2.24, 2.45) is 11.7 Å². The first-order valence-corrected chi connectivity index (χ1v) is 7.45. The summed E-state index contributed by atoms with van der Waals surface area (Å²) in [5.41, 5.74) is 7.44. The highest BCUT2D eigenvalue weighted by atomic mass is 16.5. The van der Waals surface area contributed by atoms with Gasteiger partial charge in [0.15, 0.2) is 11.5 Å². The number of para-hydroxylation sites is 2. The lowest BCUT2D eigenvalue weighted by molar-refractivity contribution is 0.280. The van der Waals surface area contributed by atoms with Gasteiger partial charge in [-0.3, -0.25) is 0 Å². The van der Waals surface area contributed by atoms with Crippen molar-refractivity contribution in [1.82, 2.24) is 4.57 Å². The fourth-order valence-corrected chi connectivity index (χ4v) is 2.52. The van der Waals surface area contributed by atoms with E-state index in [1.165, 1.54) is 18.4 Å². The average molecular weight is 286 g/mol. The van der Waals surface area contributed by atoms with Crippen LogP contribution in [0.25, 0.3) is 0 Å². The Balaban J connectivity index is 1.53. The molecule has 1 fully saturated rings. The molecule has 1 atom stereocenters. The molecule has 0 saturated heterocycles. The molecule has 1 aliphatic carbocycles. The lowest BCUT2D eigenvalue weighted by atomic mass is 10.1. The standard InChI is InChI=1S/C17H22N2O2/c1-20-15-4-2-3-5-16(15)21-11-10-19-9-8-14(12-19)17(18)13-6-7-13/h2-5,8-9,12-13,17H,6-7,10-11,18H2,1H3. The highest BCUT2D eigenvalue weighted by molar-refractivity contribution is 5.39. The summed E-state index contributed by atoms with van der Waals surface area (Å²) in [5.74, 6) is 2.23. The molecular formula is C17H22N2O2. The highest BCUT2D eigenvalue weighted by Gasteiger charge is 2.29. The predicted octanol–water partition coefficient (Wildman–Crippen LogP) is 2.99. The monoisotopic (exact) mass is 286 g/mol. The van der Waals surface area contributed by atoms with Crippen LogP contribution in [-0.2, 0) is 6.54 Å². The quantitative estimate of drug-likeness (QED) is 0.851. The van der Waals surface area contributed by atoms with Gasteiger partial charge in [0.2, 0.25) is 0 Å². The van der Waals surface area contributed by atoms with Crippen LogP contribution in [0.4, 0.5) is 0 Å². The zero-order valence-corrected chi connectivity index (χ0v) is 12.4. The SMILES string of the molecule is COc1ccccc1OCCn1ccc(C(N)C2CC2)c1. The van der Waals surface area contributed by atoms with Crippen molar-refractivity contribution in [3.8, 4) is 11.5 Å². The molecule has 1 saturated carbocycles. The molecule has 2 N–H and O–H groups in total. The molecule has 2 aromatic rings. The Morgan fingerprint density at radius 1 is 1.24 bits per heavy atom. The van der Waals surface area contributed by atoms with Crippen molar-refractivity contribution < 1.29 is 9.47 Å². The summed E-state index contributed by atoms with van der Waals surface area (Å²) >= 11 is 0. The van der Waals surface area contributed by atoms with Gasteiger partial charge < -0.3 is 19.8 Å². The lowest BCUT2D eigenvalue weighted by Crippen LogP contribution is -2.12. The average Bonchev–Trinajstić information content (AvgIpc) is 3.26. The summed E-state index contributed by atoms with van der Waals surface area (Å²) in [6, 6.07) is 10.0. The van der Waals surface area contributed by atoms with E-state index in [1.54, 1.807) is 7.11 Å². The van der Waals surface area contributed by atoms with Crippen LogP contribution in [0.1, 0.15) is 24.4 Å². The summed E-state index contributed by atoms with van der Waals surface area (Å²) in [6.07, 6.45) is 6.74. The molecule has 1 heterocycles. The van der Waals surface area contributed by atoms with Crippen molar-refractivity contribution in [2.75, 3.05) is 13.7 Å². The third kappa shape index (κ3) is 3.39. The summed E-state index contributed by atoms with van der Waals surface area (Å²) in [4.78, 5) is 0. The summed E-state index contributed by atoms with van der Waals surface area (Å²) in [7, 11) is 1.65. The van der Waals surface area contributed by atoms with Crippen molar-refractivity contribution in [1.29, 1.82) is 0 Å². The minimum absolute atomic E-state index is 0.196. The van der Waals surface area contributed by atoms with E-state index < -0.39 is 0 Å². The fourth-order valence-electron chi connectivity index (χ4n) is 2.52. The largest absolute Gasteiger partial charge is 0.493 e. The van der Waals surface area contributed by atoms with Gasteiger partial charge in [0.05, 0.1) is 13.7 Å². The predicted molar refractivity (Wildman–Crippen MR) is 82.6 cm³/mol. The number of hydrogen-bond donors (Lipinski definition) is 1. The zero-order valence-electron chi connectivity index (χ0n) is 12.4. The Bertz CT molecular complexity index is 590. The fraction of sp³-hybridized carbons (Fsp3) is 0.412. The lowest BCUT2D eigenvalue weighted by Gasteiger charge is -2.11. The minimum atomic E-state index is 0.196. The minimum Gasteiger partial charge on any atom is -0.493 e. The van der Waals surface area contributed by atoms with E-state index in [0.29, 0.717) is 12.5 Å². The van der Waals surface area contributed by atoms with E-state index in [9.17, 15) is 0 Å². The molecule has 0 aliphatic heterocycles. The van der Waals surface area contributed by atoms with Crippen LogP contribution < -0.4 is 15.2 Å². The molecule has 1 unspecified atom stereocenters. The van der Waals surface area contributed by atoms with Crippen LogP contribution in [0.3, 0.4) is 0 Å². The van der Waals surface area contributed by atoms with Gasteiger partial charge in [0.25, 0.3) is 0 Å². The van der Waals surface area contributed by atoms with Gasteiger partial charge in [0.1, 0.15) is 6.61 Å². The smallest absolute Gasteiger partial charge is 0.161 e. The van der Waals surface area contributed by atoms with Crippen LogP contribution in [0.5, 0.6) is 11.5 Å². The second-order valence-electron chi connectivity index (χ2n) is 5.55. The van der Waals surface area contributed by atoms with Crippen molar-refractivity contribution in [2.45, 2.75) is 25.4 Å². The molecule has 1 aromatic carbocycles. The third-order valence-corrected chi connectivity index (χ3v) is 3.96. The van der Waals surface area contributed by atoms with Gasteiger partial charge in [-0.25, -0.2) is 0 Å². The van der Waals surface area contributed by atoms with Gasteiger partial charge in [-0.15, -0.1) is 0 Å². The van der Waals surface area contributed by atoms with E-state index >= 15 is 0 Å². The van der Waals surface area contributed by atoms with Gasteiger partial charge in [-0.2, -0.15) is 0 Å². The number of methoxy groups -OCH3 is 1. The van der Waals surface area contributed by atoms with Crippen LogP contribution in [0.15, 0.2) is 42.7 Å². The number of benzene rings is 1. The molecule has 0 radical (unpaired) electrons. The Morgan fingerprint density at radius 2 is 2.00 bits per heavy atom. The van der Waals surface area contributed by atoms with Gasteiger partial charge in [0, 0.05) is 18.4 Å². The molecular weight excluding hydrogens is 264 g/mol. The first-order chi connectivity index (χ1) is 10.3. The highest BCUT2D eigenvalue weighted by Crippen LogP contribution is 2.39. The van der Waals surface area contributed by atoms with Crippen molar-refractivity contribution in [3.05, 3.63) is 48.3 Å². The van der Waals surface area contributed by atoms with Gasteiger partial charge in [-0.05, 0) is 42.5 Å². The first-order valence-electron chi connectivity index (χ1n) is 7.45. The molecule has 1 aliphatic rings. The molecule has 4 heteroatoms. The van der Waals surface area contributed by atoms with Gasteiger partial charge in [-0.1, -0.05) is 12.1 Å². The van der Waals surface area contributed by atoms with E-state index in [-0.39, 0.29) is 6.04 Å². The van der Waals surface area contributed by atoms with Crippen LogP contribution >= 0.6 is 0 Å². The topological polar surface area (TPSA) is 49.4 Å². The van der Waals surface area contributed by atoms with E-state index in [4.69, 9.17) is 15.2 Å². The molecule has 3 rings (SSSR count). The molecule has 21 heavy (non-hydrogen) atoms. The molecule has 1 aromatic heterocycles.